The summed E-state index contributed by atoms with van der Waals surface area (Å²) in [5.74, 6) is -1.51. The first-order chi connectivity index (χ1) is 11.5. The third kappa shape index (κ3) is 6.74. The maximum absolute atomic E-state index is 12.8. The van der Waals surface area contributed by atoms with Crippen LogP contribution in [0.5, 0.6) is 0 Å². The van der Waals surface area contributed by atoms with Crippen molar-refractivity contribution in [1.82, 2.24) is 5.32 Å². The normalized spacial score (nSPS) is 14.1. The van der Waals surface area contributed by atoms with Gasteiger partial charge in [-0.25, -0.2) is 4.79 Å². The molecule has 25 heavy (non-hydrogen) atoms. The van der Waals surface area contributed by atoms with Crippen molar-refractivity contribution < 1.29 is 32.6 Å². The highest BCUT2D eigenvalue weighted by atomic mass is 19.4. The highest BCUT2D eigenvalue weighted by Crippen LogP contribution is 2.29. The van der Waals surface area contributed by atoms with Gasteiger partial charge < -0.3 is 15.2 Å². The number of esters is 1. The molecule has 8 heteroatoms. The highest BCUT2D eigenvalue weighted by molar-refractivity contribution is 5.87. The predicted octanol–water partition coefficient (Wildman–Crippen LogP) is 2.31. The van der Waals surface area contributed by atoms with Gasteiger partial charge in [0.1, 0.15) is 12.1 Å². The molecule has 0 saturated heterocycles. The Bertz CT molecular complexity index is 602. The van der Waals surface area contributed by atoms with Gasteiger partial charge in [0, 0.05) is 6.42 Å². The van der Waals surface area contributed by atoms with E-state index in [-0.39, 0.29) is 24.3 Å². The van der Waals surface area contributed by atoms with E-state index in [4.69, 9.17) is 0 Å². The molecule has 5 nitrogen and oxygen atoms in total. The molecular formula is C17H22F3NO4. The molecular weight excluding hydrogens is 339 g/mol. The number of aliphatic hydroxyl groups is 1. The Morgan fingerprint density at radius 2 is 1.92 bits per heavy atom. The van der Waals surface area contributed by atoms with Gasteiger partial charge in [0.2, 0.25) is 5.91 Å². The summed E-state index contributed by atoms with van der Waals surface area (Å²) in [5, 5.41) is 12.1. The SMILES string of the molecule is COC(=O)[C@H](Cc1cccc(C(F)(F)F)c1)NC(=O)[C@H](O)CC(C)C. The lowest BCUT2D eigenvalue weighted by Gasteiger charge is -2.20. The number of nitrogens with one attached hydrogen (secondary N) is 1. The monoisotopic (exact) mass is 361 g/mol. The first kappa shape index (κ1) is 21.0. The van der Waals surface area contributed by atoms with Crippen LogP contribution in [0, 0.1) is 5.92 Å². The van der Waals surface area contributed by atoms with Crippen LogP contribution in [0.3, 0.4) is 0 Å². The molecule has 0 heterocycles. The summed E-state index contributed by atoms with van der Waals surface area (Å²) in [7, 11) is 1.11. The van der Waals surface area contributed by atoms with Gasteiger partial charge in [-0.2, -0.15) is 13.2 Å². The van der Waals surface area contributed by atoms with Gasteiger partial charge in [0.05, 0.1) is 12.7 Å². The number of hydrogen-bond donors (Lipinski definition) is 2. The molecule has 0 unspecified atom stereocenters. The molecule has 0 aliphatic carbocycles. The van der Waals surface area contributed by atoms with Crippen LogP contribution >= 0.6 is 0 Å². The molecule has 0 aliphatic heterocycles. The van der Waals surface area contributed by atoms with E-state index in [1.165, 1.54) is 12.1 Å². The summed E-state index contributed by atoms with van der Waals surface area (Å²) in [4.78, 5) is 23.8. The van der Waals surface area contributed by atoms with Gasteiger partial charge in [-0.15, -0.1) is 0 Å². The highest BCUT2D eigenvalue weighted by Gasteiger charge is 2.31. The zero-order valence-electron chi connectivity index (χ0n) is 14.3. The molecule has 1 amide bonds. The maximum Gasteiger partial charge on any atom is 0.416 e. The fourth-order valence-electron chi connectivity index (χ4n) is 2.27. The second kappa shape index (κ2) is 8.84. The number of methoxy groups -OCH3 is 1. The first-order valence-corrected chi connectivity index (χ1v) is 7.77. The molecule has 1 rings (SSSR count). The van der Waals surface area contributed by atoms with Crippen LogP contribution in [-0.2, 0) is 26.9 Å². The van der Waals surface area contributed by atoms with Crippen LogP contribution in [0.1, 0.15) is 31.4 Å². The third-order valence-electron chi connectivity index (χ3n) is 3.49. The fraction of sp³-hybridized carbons (Fsp3) is 0.529. The summed E-state index contributed by atoms with van der Waals surface area (Å²) < 4.78 is 42.9. The lowest BCUT2D eigenvalue weighted by molar-refractivity contribution is -0.146. The van der Waals surface area contributed by atoms with Crippen molar-refractivity contribution in [2.75, 3.05) is 7.11 Å². The van der Waals surface area contributed by atoms with Gasteiger partial charge >= 0.3 is 12.1 Å². The number of carbonyl (C=O) groups excluding carboxylic acids is 2. The van der Waals surface area contributed by atoms with Crippen molar-refractivity contribution in [3.05, 3.63) is 35.4 Å². The molecule has 0 aliphatic rings. The summed E-state index contributed by atoms with van der Waals surface area (Å²) in [6.07, 6.45) is -5.80. The van der Waals surface area contributed by atoms with Crippen molar-refractivity contribution in [2.24, 2.45) is 5.92 Å². The molecule has 1 aromatic carbocycles. The number of amides is 1. The van der Waals surface area contributed by atoms with Gasteiger partial charge in [-0.1, -0.05) is 32.0 Å². The fourth-order valence-corrected chi connectivity index (χ4v) is 2.27. The molecule has 0 spiro atoms. The Kier molecular flexibility index (Phi) is 7.41. The molecule has 0 fully saturated rings. The minimum atomic E-state index is -4.51. The molecule has 0 saturated carbocycles. The Morgan fingerprint density at radius 1 is 1.28 bits per heavy atom. The van der Waals surface area contributed by atoms with E-state index in [1.54, 1.807) is 0 Å². The average Bonchev–Trinajstić information content (AvgIpc) is 2.52. The molecule has 0 bridgehead atoms. The van der Waals surface area contributed by atoms with Crippen LogP contribution in [-0.4, -0.2) is 36.2 Å². The van der Waals surface area contributed by atoms with Crippen LogP contribution in [0.4, 0.5) is 13.2 Å². The first-order valence-electron chi connectivity index (χ1n) is 7.77. The molecule has 140 valence electrons. The van der Waals surface area contributed by atoms with Crippen molar-refractivity contribution in [2.45, 2.75) is 45.0 Å². The molecule has 0 radical (unpaired) electrons. The topological polar surface area (TPSA) is 75.6 Å². The molecule has 1 aromatic rings. The van der Waals surface area contributed by atoms with Gasteiger partial charge in [-0.05, 0) is 24.0 Å². The average molecular weight is 361 g/mol. The summed E-state index contributed by atoms with van der Waals surface area (Å²) >= 11 is 0. The number of halogens is 3. The van der Waals surface area contributed by atoms with Crippen LogP contribution in [0.15, 0.2) is 24.3 Å². The van der Waals surface area contributed by atoms with E-state index in [9.17, 15) is 27.9 Å². The molecule has 0 aromatic heterocycles. The number of alkyl halides is 3. The maximum atomic E-state index is 12.8. The summed E-state index contributed by atoms with van der Waals surface area (Å²) in [5.41, 5.74) is -0.636. The van der Waals surface area contributed by atoms with Crippen molar-refractivity contribution in [3.8, 4) is 0 Å². The Labute approximate surface area is 144 Å². The van der Waals surface area contributed by atoms with E-state index < -0.39 is 35.8 Å². The number of benzene rings is 1. The number of aliphatic hydroxyl groups excluding tert-OH is 1. The Balaban J connectivity index is 2.91. The number of ether oxygens (including phenoxy) is 1. The quantitative estimate of drug-likeness (QED) is 0.731. The summed E-state index contributed by atoms with van der Waals surface area (Å²) in [6, 6.07) is 3.28. The van der Waals surface area contributed by atoms with Gasteiger partial charge in [0.25, 0.3) is 0 Å². The van der Waals surface area contributed by atoms with E-state index >= 15 is 0 Å². The zero-order valence-corrected chi connectivity index (χ0v) is 14.3. The van der Waals surface area contributed by atoms with Crippen LogP contribution in [0.25, 0.3) is 0 Å². The Morgan fingerprint density at radius 3 is 2.44 bits per heavy atom. The number of rotatable bonds is 7. The third-order valence-corrected chi connectivity index (χ3v) is 3.49. The second-order valence-corrected chi connectivity index (χ2v) is 6.13. The van der Waals surface area contributed by atoms with Crippen molar-refractivity contribution in [3.63, 3.8) is 0 Å². The van der Waals surface area contributed by atoms with E-state index in [2.05, 4.69) is 10.1 Å². The van der Waals surface area contributed by atoms with Gasteiger partial charge in [-0.3, -0.25) is 4.79 Å². The summed E-state index contributed by atoms with van der Waals surface area (Å²) in [6.45, 7) is 3.63. The molecule has 2 N–H and O–H groups in total. The van der Waals surface area contributed by atoms with Crippen LogP contribution in [0.2, 0.25) is 0 Å². The smallest absolute Gasteiger partial charge is 0.416 e. The number of hydrogen-bond acceptors (Lipinski definition) is 4. The van der Waals surface area contributed by atoms with E-state index in [0.717, 1.165) is 19.2 Å². The van der Waals surface area contributed by atoms with E-state index in [0.29, 0.717) is 0 Å². The Hall–Kier alpha value is -2.09. The van der Waals surface area contributed by atoms with E-state index in [1.807, 2.05) is 13.8 Å². The van der Waals surface area contributed by atoms with Crippen LogP contribution < -0.4 is 5.32 Å². The largest absolute Gasteiger partial charge is 0.467 e. The zero-order chi connectivity index (χ0) is 19.2. The minimum absolute atomic E-state index is 0.0563. The number of carbonyl (C=O) groups is 2. The van der Waals surface area contributed by atoms with Crippen molar-refractivity contribution in [1.29, 1.82) is 0 Å². The molecule has 2 atom stereocenters. The van der Waals surface area contributed by atoms with Crippen molar-refractivity contribution >= 4 is 11.9 Å². The lowest BCUT2D eigenvalue weighted by Crippen LogP contribution is -2.47. The lowest BCUT2D eigenvalue weighted by atomic mass is 10.0. The second-order valence-electron chi connectivity index (χ2n) is 6.13. The standard InChI is InChI=1S/C17H22F3NO4/c1-10(2)7-14(22)15(23)21-13(16(24)25-3)9-11-5-4-6-12(8-11)17(18,19)20/h4-6,8,10,13-14,22H,7,9H2,1-3H3,(H,21,23)/t13-,14+/m0/s1. The predicted molar refractivity (Wildman–Crippen MR) is 84.6 cm³/mol. The minimum Gasteiger partial charge on any atom is -0.467 e. The van der Waals surface area contributed by atoms with Gasteiger partial charge in [0.15, 0.2) is 0 Å².